The Labute approximate surface area is 161 Å². The van der Waals surface area contributed by atoms with Crippen molar-refractivity contribution in [2.24, 2.45) is 0 Å². The van der Waals surface area contributed by atoms with Crippen LogP contribution in [-0.4, -0.2) is 40.3 Å². The average Bonchev–Trinajstić information content (AvgIpc) is 3.14. The molecule has 2 amide bonds. The van der Waals surface area contributed by atoms with Crippen LogP contribution in [-0.2, 0) is 17.6 Å². The van der Waals surface area contributed by atoms with E-state index < -0.39 is 0 Å². The fraction of sp³-hybridized carbons (Fsp3) is 0.200. The second-order valence-corrected chi connectivity index (χ2v) is 6.89. The number of hydrogen-bond donors (Lipinski definition) is 1. The first kappa shape index (κ1) is 18.7. The van der Waals surface area contributed by atoms with Gasteiger partial charge in [-0.25, -0.2) is 4.98 Å². The van der Waals surface area contributed by atoms with Gasteiger partial charge in [-0.05, 0) is 24.3 Å². The molecule has 7 heteroatoms. The molecule has 0 spiro atoms. The predicted molar refractivity (Wildman–Crippen MR) is 106 cm³/mol. The van der Waals surface area contributed by atoms with E-state index in [1.807, 2.05) is 36.4 Å². The highest BCUT2D eigenvalue weighted by atomic mass is 32.1. The molecule has 0 aliphatic carbocycles. The van der Waals surface area contributed by atoms with E-state index in [9.17, 15) is 9.59 Å². The van der Waals surface area contributed by atoms with Gasteiger partial charge < -0.3 is 4.90 Å². The van der Waals surface area contributed by atoms with Gasteiger partial charge in [-0.3, -0.25) is 19.9 Å². The second kappa shape index (κ2) is 9.05. The van der Waals surface area contributed by atoms with Crippen LogP contribution in [0.25, 0.3) is 0 Å². The summed E-state index contributed by atoms with van der Waals surface area (Å²) in [5.74, 6) is -0.229. The van der Waals surface area contributed by atoms with Crippen molar-refractivity contribution in [1.29, 1.82) is 0 Å². The lowest BCUT2D eigenvalue weighted by atomic mass is 10.2. The number of aromatic nitrogens is 2. The van der Waals surface area contributed by atoms with Crippen molar-refractivity contribution in [1.82, 2.24) is 14.9 Å². The first-order valence-electron chi connectivity index (χ1n) is 8.56. The zero-order chi connectivity index (χ0) is 19.1. The third-order valence-electron chi connectivity index (χ3n) is 4.00. The van der Waals surface area contributed by atoms with Crippen LogP contribution in [0.4, 0.5) is 5.13 Å². The van der Waals surface area contributed by atoms with Crippen molar-refractivity contribution in [3.8, 4) is 0 Å². The molecule has 2 heterocycles. The van der Waals surface area contributed by atoms with Crippen LogP contribution >= 0.6 is 11.3 Å². The summed E-state index contributed by atoms with van der Waals surface area (Å²) in [5.41, 5.74) is 2.18. The highest BCUT2D eigenvalue weighted by molar-refractivity contribution is 7.14. The van der Waals surface area contributed by atoms with Gasteiger partial charge in [0.1, 0.15) is 0 Å². The minimum absolute atomic E-state index is 0.0165. The maximum Gasteiger partial charge on any atom is 0.257 e. The lowest BCUT2D eigenvalue weighted by Crippen LogP contribution is -2.30. The SMILES string of the molecule is CN(CCc1ccccn1)C(=O)Cc1csc(NC(=O)c2ccccc2)n1. The Hall–Kier alpha value is -3.06. The first-order valence-corrected chi connectivity index (χ1v) is 9.44. The highest BCUT2D eigenvalue weighted by Gasteiger charge is 2.14. The molecule has 0 radical (unpaired) electrons. The number of nitrogens with zero attached hydrogens (tertiary/aromatic N) is 3. The molecule has 0 fully saturated rings. The Morgan fingerprint density at radius 1 is 1.07 bits per heavy atom. The summed E-state index contributed by atoms with van der Waals surface area (Å²) in [6.07, 6.45) is 2.66. The number of anilines is 1. The first-order chi connectivity index (χ1) is 13.1. The van der Waals surface area contributed by atoms with E-state index in [0.29, 0.717) is 29.4 Å². The fourth-order valence-electron chi connectivity index (χ4n) is 2.45. The molecular weight excluding hydrogens is 360 g/mol. The van der Waals surface area contributed by atoms with Crippen molar-refractivity contribution in [3.63, 3.8) is 0 Å². The Morgan fingerprint density at radius 2 is 1.85 bits per heavy atom. The van der Waals surface area contributed by atoms with Crippen LogP contribution in [0.15, 0.2) is 60.1 Å². The number of amides is 2. The maximum absolute atomic E-state index is 12.4. The summed E-state index contributed by atoms with van der Waals surface area (Å²) in [7, 11) is 1.77. The number of carbonyl (C=O) groups is 2. The second-order valence-electron chi connectivity index (χ2n) is 6.03. The molecule has 0 unspecified atom stereocenters. The predicted octanol–water partition coefficient (Wildman–Crippen LogP) is 3.03. The number of thiazole rings is 1. The molecule has 0 saturated carbocycles. The number of rotatable bonds is 7. The van der Waals surface area contributed by atoms with Crippen molar-refractivity contribution in [3.05, 3.63) is 77.1 Å². The Kier molecular flexibility index (Phi) is 6.27. The smallest absolute Gasteiger partial charge is 0.257 e. The number of nitrogens with one attached hydrogen (secondary N) is 1. The molecule has 0 aliphatic rings. The van der Waals surface area contributed by atoms with Crippen LogP contribution in [0.1, 0.15) is 21.7 Å². The van der Waals surface area contributed by atoms with Crippen molar-refractivity contribution < 1.29 is 9.59 Å². The third-order valence-corrected chi connectivity index (χ3v) is 4.80. The number of carbonyl (C=O) groups excluding carboxylic acids is 2. The quantitative estimate of drug-likeness (QED) is 0.684. The van der Waals surface area contributed by atoms with Crippen LogP contribution in [0.3, 0.4) is 0 Å². The van der Waals surface area contributed by atoms with Gasteiger partial charge in [0.05, 0.1) is 12.1 Å². The van der Waals surface area contributed by atoms with Crippen LogP contribution in [0, 0.1) is 0 Å². The summed E-state index contributed by atoms with van der Waals surface area (Å²) in [5, 5.41) is 5.05. The molecule has 3 aromatic rings. The van der Waals surface area contributed by atoms with Gasteiger partial charge in [0.2, 0.25) is 5.91 Å². The third kappa shape index (κ3) is 5.46. The summed E-state index contributed by atoms with van der Waals surface area (Å²) < 4.78 is 0. The summed E-state index contributed by atoms with van der Waals surface area (Å²) in [4.78, 5) is 34.8. The molecule has 0 saturated heterocycles. The van der Waals surface area contributed by atoms with Gasteiger partial charge >= 0.3 is 0 Å². The molecule has 3 rings (SSSR count). The van der Waals surface area contributed by atoms with E-state index in [2.05, 4.69) is 15.3 Å². The van der Waals surface area contributed by atoms with E-state index in [1.165, 1.54) is 11.3 Å². The van der Waals surface area contributed by atoms with Gasteiger partial charge in [-0.1, -0.05) is 24.3 Å². The van der Waals surface area contributed by atoms with Gasteiger partial charge in [-0.15, -0.1) is 11.3 Å². The van der Waals surface area contributed by atoms with Gasteiger partial charge in [0, 0.05) is 42.8 Å². The van der Waals surface area contributed by atoms with Crippen LogP contribution in [0.5, 0.6) is 0 Å². The molecule has 0 aliphatic heterocycles. The normalized spacial score (nSPS) is 10.4. The van der Waals surface area contributed by atoms with Gasteiger partial charge in [-0.2, -0.15) is 0 Å². The number of hydrogen-bond acceptors (Lipinski definition) is 5. The molecule has 6 nitrogen and oxygen atoms in total. The Balaban J connectivity index is 1.50. The van der Waals surface area contributed by atoms with Gasteiger partial charge in [0.25, 0.3) is 5.91 Å². The number of likely N-dealkylation sites (N-methyl/N-ethyl adjacent to an activating group) is 1. The molecule has 27 heavy (non-hydrogen) atoms. The molecule has 0 atom stereocenters. The summed E-state index contributed by atoms with van der Waals surface area (Å²) in [6.45, 7) is 0.595. The lowest BCUT2D eigenvalue weighted by Gasteiger charge is -2.16. The van der Waals surface area contributed by atoms with E-state index >= 15 is 0 Å². The molecular formula is C20H20N4O2S. The zero-order valence-corrected chi connectivity index (χ0v) is 15.8. The largest absolute Gasteiger partial charge is 0.345 e. The molecule has 1 N–H and O–H groups in total. The van der Waals surface area contributed by atoms with E-state index in [-0.39, 0.29) is 18.2 Å². The van der Waals surface area contributed by atoms with Crippen molar-refractivity contribution >= 4 is 28.3 Å². The average molecular weight is 380 g/mol. The van der Waals surface area contributed by atoms with Crippen LogP contribution in [0.2, 0.25) is 0 Å². The topological polar surface area (TPSA) is 75.2 Å². The minimum atomic E-state index is -0.213. The maximum atomic E-state index is 12.4. The fourth-order valence-corrected chi connectivity index (χ4v) is 3.15. The molecule has 0 bridgehead atoms. The van der Waals surface area contributed by atoms with Crippen LogP contribution < -0.4 is 5.32 Å². The van der Waals surface area contributed by atoms with Crippen molar-refractivity contribution in [2.75, 3.05) is 18.9 Å². The summed E-state index contributed by atoms with van der Waals surface area (Å²) >= 11 is 1.31. The number of benzene rings is 1. The molecule has 2 aromatic heterocycles. The lowest BCUT2D eigenvalue weighted by molar-refractivity contribution is -0.129. The van der Waals surface area contributed by atoms with E-state index in [0.717, 1.165) is 5.69 Å². The molecule has 1 aromatic carbocycles. The van der Waals surface area contributed by atoms with E-state index in [1.54, 1.807) is 35.7 Å². The van der Waals surface area contributed by atoms with Crippen molar-refractivity contribution in [2.45, 2.75) is 12.8 Å². The highest BCUT2D eigenvalue weighted by Crippen LogP contribution is 2.17. The Morgan fingerprint density at radius 3 is 2.59 bits per heavy atom. The molecule has 138 valence electrons. The van der Waals surface area contributed by atoms with Gasteiger partial charge in [0.15, 0.2) is 5.13 Å². The zero-order valence-electron chi connectivity index (χ0n) is 15.0. The minimum Gasteiger partial charge on any atom is -0.345 e. The number of pyridine rings is 1. The monoisotopic (exact) mass is 380 g/mol. The Bertz CT molecular complexity index is 897. The standard InChI is InChI=1S/C20H20N4O2S/c1-24(12-10-16-9-5-6-11-21-16)18(25)13-17-14-27-20(22-17)23-19(26)15-7-3-2-4-8-15/h2-9,11,14H,10,12-13H2,1H3,(H,22,23,26). The van der Waals surface area contributed by atoms with E-state index in [4.69, 9.17) is 0 Å². The summed E-state index contributed by atoms with van der Waals surface area (Å²) in [6, 6.07) is 14.7.